The molecular weight excluding hydrogens is 393 g/mol. The molecule has 3 rings (SSSR count). The summed E-state index contributed by atoms with van der Waals surface area (Å²) in [7, 11) is 2.98. The average molecular weight is 418 g/mol. The zero-order valence-corrected chi connectivity index (χ0v) is 17.8. The third kappa shape index (κ3) is 4.11. The highest BCUT2D eigenvalue weighted by molar-refractivity contribution is 7.99. The number of nitrogens with zero attached hydrogens (tertiary/aromatic N) is 5. The molecule has 29 heavy (non-hydrogen) atoms. The van der Waals surface area contributed by atoms with Crippen molar-refractivity contribution in [1.82, 2.24) is 24.0 Å². The van der Waals surface area contributed by atoms with Gasteiger partial charge in [0.2, 0.25) is 0 Å². The van der Waals surface area contributed by atoms with Crippen molar-refractivity contribution in [1.29, 1.82) is 0 Å². The van der Waals surface area contributed by atoms with E-state index in [9.17, 15) is 14.0 Å². The molecule has 0 aliphatic rings. The molecule has 0 radical (unpaired) electrons. The van der Waals surface area contributed by atoms with E-state index < -0.39 is 17.1 Å². The standard InChI is InChI=1S/C20H24FN5O2S/c1-5-26(6-2)11-12-29-18-15-17(24(3)20(28)25(4)19(15)27)22-16(23-18)13-9-7-8-10-14(13)21/h7-10H,5-6,11-12H2,1-4H3. The highest BCUT2D eigenvalue weighted by Crippen LogP contribution is 2.27. The first kappa shape index (κ1) is 21.2. The molecule has 0 aliphatic carbocycles. The number of rotatable bonds is 7. The molecule has 0 saturated carbocycles. The fraction of sp³-hybridized carbons (Fsp3) is 0.400. The molecule has 9 heteroatoms. The van der Waals surface area contributed by atoms with Gasteiger partial charge >= 0.3 is 5.69 Å². The Balaban J connectivity index is 2.19. The molecule has 154 valence electrons. The summed E-state index contributed by atoms with van der Waals surface area (Å²) >= 11 is 1.42. The zero-order chi connectivity index (χ0) is 21.1. The van der Waals surface area contributed by atoms with Crippen molar-refractivity contribution in [2.75, 3.05) is 25.4 Å². The Labute approximate surface area is 172 Å². The van der Waals surface area contributed by atoms with Crippen LogP contribution in [0.25, 0.3) is 22.4 Å². The van der Waals surface area contributed by atoms with Crippen LogP contribution in [0.15, 0.2) is 38.9 Å². The molecular formula is C20H24FN5O2S. The summed E-state index contributed by atoms with van der Waals surface area (Å²) in [6, 6.07) is 6.20. The Bertz CT molecular complexity index is 1150. The predicted molar refractivity (Wildman–Crippen MR) is 114 cm³/mol. The number of thioether (sulfide) groups is 1. The SMILES string of the molecule is CCN(CC)CCSc1nc(-c2ccccc2F)nc2c1c(=O)n(C)c(=O)n2C. The van der Waals surface area contributed by atoms with Gasteiger partial charge in [-0.3, -0.25) is 13.9 Å². The number of benzene rings is 1. The normalized spacial score (nSPS) is 11.5. The van der Waals surface area contributed by atoms with Crippen LogP contribution in [0.3, 0.4) is 0 Å². The third-order valence-electron chi connectivity index (χ3n) is 4.92. The van der Waals surface area contributed by atoms with Crippen LogP contribution in [0, 0.1) is 5.82 Å². The van der Waals surface area contributed by atoms with E-state index in [4.69, 9.17) is 0 Å². The molecule has 0 spiro atoms. The van der Waals surface area contributed by atoms with Gasteiger partial charge in [0.15, 0.2) is 11.5 Å². The van der Waals surface area contributed by atoms with Gasteiger partial charge in [-0.05, 0) is 25.2 Å². The van der Waals surface area contributed by atoms with Crippen molar-refractivity contribution >= 4 is 22.8 Å². The van der Waals surface area contributed by atoms with Crippen LogP contribution in [0.4, 0.5) is 4.39 Å². The quantitative estimate of drug-likeness (QED) is 0.434. The maximum Gasteiger partial charge on any atom is 0.332 e. The van der Waals surface area contributed by atoms with Crippen LogP contribution >= 0.6 is 11.8 Å². The molecule has 0 saturated heterocycles. The fourth-order valence-electron chi connectivity index (χ4n) is 3.11. The van der Waals surface area contributed by atoms with Crippen molar-refractivity contribution in [2.45, 2.75) is 18.9 Å². The lowest BCUT2D eigenvalue weighted by molar-refractivity contribution is 0.324. The van der Waals surface area contributed by atoms with E-state index in [0.29, 0.717) is 10.8 Å². The predicted octanol–water partition coefficient (Wildman–Crippen LogP) is 2.27. The summed E-state index contributed by atoms with van der Waals surface area (Å²) in [5.41, 5.74) is -0.502. The van der Waals surface area contributed by atoms with E-state index in [1.165, 1.54) is 29.4 Å². The fourth-order valence-corrected chi connectivity index (χ4v) is 4.12. The first-order valence-electron chi connectivity index (χ1n) is 9.46. The van der Waals surface area contributed by atoms with Gasteiger partial charge in [0, 0.05) is 26.4 Å². The molecule has 1 aromatic carbocycles. The van der Waals surface area contributed by atoms with E-state index in [2.05, 4.69) is 28.7 Å². The topological polar surface area (TPSA) is 73.0 Å². The van der Waals surface area contributed by atoms with Gasteiger partial charge in [-0.2, -0.15) is 0 Å². The Morgan fingerprint density at radius 3 is 2.41 bits per heavy atom. The van der Waals surface area contributed by atoms with Crippen LogP contribution in [-0.4, -0.2) is 49.4 Å². The van der Waals surface area contributed by atoms with Crippen LogP contribution in [-0.2, 0) is 14.1 Å². The molecule has 0 atom stereocenters. The largest absolute Gasteiger partial charge is 0.332 e. The van der Waals surface area contributed by atoms with Crippen LogP contribution in [0.1, 0.15) is 13.8 Å². The highest BCUT2D eigenvalue weighted by Gasteiger charge is 2.19. The average Bonchev–Trinajstić information content (AvgIpc) is 2.73. The molecule has 0 aliphatic heterocycles. The number of hydrogen-bond acceptors (Lipinski definition) is 6. The zero-order valence-electron chi connectivity index (χ0n) is 17.0. The van der Waals surface area contributed by atoms with Crippen LogP contribution in [0.5, 0.6) is 0 Å². The Kier molecular flexibility index (Phi) is 6.49. The third-order valence-corrected chi connectivity index (χ3v) is 5.88. The van der Waals surface area contributed by atoms with Crippen molar-refractivity contribution in [3.8, 4) is 11.4 Å². The van der Waals surface area contributed by atoms with Gasteiger partial charge in [0.25, 0.3) is 5.56 Å². The molecule has 0 bridgehead atoms. The lowest BCUT2D eigenvalue weighted by Crippen LogP contribution is -2.37. The molecule has 0 fully saturated rings. The first-order chi connectivity index (χ1) is 13.9. The van der Waals surface area contributed by atoms with Gasteiger partial charge in [0.1, 0.15) is 16.2 Å². The molecule has 0 unspecified atom stereocenters. The van der Waals surface area contributed by atoms with Gasteiger partial charge in [0.05, 0.1) is 5.56 Å². The van der Waals surface area contributed by atoms with Gasteiger partial charge in [-0.15, -0.1) is 11.8 Å². The lowest BCUT2D eigenvalue weighted by atomic mass is 10.2. The number of fused-ring (bicyclic) bond motifs is 1. The van der Waals surface area contributed by atoms with E-state index in [1.54, 1.807) is 25.2 Å². The molecule has 3 aromatic rings. The Morgan fingerprint density at radius 2 is 1.76 bits per heavy atom. The molecule has 2 aromatic heterocycles. The summed E-state index contributed by atoms with van der Waals surface area (Å²) in [4.78, 5) is 36.4. The first-order valence-corrected chi connectivity index (χ1v) is 10.4. The number of halogens is 1. The summed E-state index contributed by atoms with van der Waals surface area (Å²) in [5, 5.41) is 0.732. The van der Waals surface area contributed by atoms with Crippen molar-refractivity contribution in [3.63, 3.8) is 0 Å². The van der Waals surface area contributed by atoms with Crippen LogP contribution < -0.4 is 11.2 Å². The lowest BCUT2D eigenvalue weighted by Gasteiger charge is -2.17. The van der Waals surface area contributed by atoms with Crippen molar-refractivity contribution in [3.05, 3.63) is 50.9 Å². The molecule has 0 amide bonds. The van der Waals surface area contributed by atoms with E-state index in [-0.39, 0.29) is 22.4 Å². The van der Waals surface area contributed by atoms with E-state index in [1.807, 2.05) is 0 Å². The second-order valence-electron chi connectivity index (χ2n) is 6.61. The van der Waals surface area contributed by atoms with Gasteiger partial charge < -0.3 is 4.90 Å². The Hall–Kier alpha value is -2.52. The minimum atomic E-state index is -0.486. The number of aryl methyl sites for hydroxylation is 1. The minimum absolute atomic E-state index is 0.157. The number of aromatic nitrogens is 4. The summed E-state index contributed by atoms with van der Waals surface area (Å²) in [5.74, 6) is 0.403. The molecule has 7 nitrogen and oxygen atoms in total. The smallest absolute Gasteiger partial charge is 0.303 e. The monoisotopic (exact) mass is 417 g/mol. The number of hydrogen-bond donors (Lipinski definition) is 0. The van der Waals surface area contributed by atoms with Gasteiger partial charge in [-0.1, -0.05) is 26.0 Å². The van der Waals surface area contributed by atoms with E-state index in [0.717, 1.165) is 24.2 Å². The van der Waals surface area contributed by atoms with Gasteiger partial charge in [-0.25, -0.2) is 19.2 Å². The van der Waals surface area contributed by atoms with Crippen molar-refractivity contribution < 1.29 is 4.39 Å². The molecule has 2 heterocycles. The second-order valence-corrected chi connectivity index (χ2v) is 7.70. The summed E-state index contributed by atoms with van der Waals surface area (Å²) in [6.45, 7) is 6.87. The summed E-state index contributed by atoms with van der Waals surface area (Å²) in [6.07, 6.45) is 0. The Morgan fingerprint density at radius 1 is 1.07 bits per heavy atom. The van der Waals surface area contributed by atoms with E-state index >= 15 is 0 Å². The second kappa shape index (κ2) is 8.87. The summed E-state index contributed by atoms with van der Waals surface area (Å²) < 4.78 is 16.7. The highest BCUT2D eigenvalue weighted by atomic mass is 32.2. The maximum absolute atomic E-state index is 14.4. The van der Waals surface area contributed by atoms with Crippen LogP contribution in [0.2, 0.25) is 0 Å². The molecule has 0 N–H and O–H groups in total. The van der Waals surface area contributed by atoms with Crippen molar-refractivity contribution in [2.24, 2.45) is 14.1 Å². The maximum atomic E-state index is 14.4. The minimum Gasteiger partial charge on any atom is -0.303 e.